The van der Waals surface area contributed by atoms with Crippen molar-refractivity contribution < 1.29 is 8.78 Å². The second kappa shape index (κ2) is 10.3. The number of hydrogen-bond acceptors (Lipinski definition) is 2. The van der Waals surface area contributed by atoms with Crippen molar-refractivity contribution >= 4 is 22.8 Å². The van der Waals surface area contributed by atoms with Crippen molar-refractivity contribution in [1.82, 2.24) is 0 Å². The highest BCUT2D eigenvalue weighted by molar-refractivity contribution is 6.41. The van der Waals surface area contributed by atoms with Gasteiger partial charge in [0.15, 0.2) is 0 Å². The van der Waals surface area contributed by atoms with Crippen LogP contribution in [0.3, 0.4) is 0 Å². The summed E-state index contributed by atoms with van der Waals surface area (Å²) >= 11 is 0. The smallest absolute Gasteiger partial charge is 0.123 e. The Morgan fingerprint density at radius 1 is 0.618 bits per heavy atom. The molecule has 0 N–H and O–H groups in total. The minimum absolute atomic E-state index is 0.179. The average molecular weight is 453 g/mol. The van der Waals surface area contributed by atoms with E-state index in [1.165, 1.54) is 18.2 Å². The number of benzene rings is 4. The third-order valence-electron chi connectivity index (χ3n) is 5.83. The Balaban J connectivity index is 1.81. The molecule has 4 rings (SSSR count). The zero-order valence-electron chi connectivity index (χ0n) is 19.5. The lowest BCUT2D eigenvalue weighted by atomic mass is 9.84. The van der Waals surface area contributed by atoms with Crippen molar-refractivity contribution in [3.8, 4) is 0 Å². The summed E-state index contributed by atoms with van der Waals surface area (Å²) in [5.41, 5.74) is 6.44. The first kappa shape index (κ1) is 23.2. The zero-order valence-corrected chi connectivity index (χ0v) is 19.5. The minimum atomic E-state index is -0.309. The molecule has 0 spiro atoms. The molecule has 0 heterocycles. The van der Waals surface area contributed by atoms with Gasteiger partial charge < -0.3 is 0 Å². The maximum absolute atomic E-state index is 14.5. The van der Waals surface area contributed by atoms with Crippen LogP contribution in [0, 0.1) is 18.6 Å². The molecule has 0 amide bonds. The normalized spacial score (nSPS) is 12.3. The quantitative estimate of drug-likeness (QED) is 0.207. The Labute approximate surface area is 199 Å². The molecule has 0 radical (unpaired) electrons. The Hall–Kier alpha value is -3.92. The molecule has 0 aromatic heterocycles. The van der Waals surface area contributed by atoms with E-state index in [0.29, 0.717) is 22.8 Å². The molecule has 34 heavy (non-hydrogen) atoms. The lowest BCUT2D eigenvalue weighted by Crippen LogP contribution is -2.07. The molecule has 0 aliphatic carbocycles. The van der Waals surface area contributed by atoms with E-state index in [1.807, 2.05) is 81.4 Å². The first-order valence-electron chi connectivity index (χ1n) is 11.2. The van der Waals surface area contributed by atoms with E-state index < -0.39 is 0 Å². The molecule has 0 bridgehead atoms. The van der Waals surface area contributed by atoms with Gasteiger partial charge >= 0.3 is 0 Å². The van der Waals surface area contributed by atoms with Gasteiger partial charge in [0.1, 0.15) is 11.6 Å². The predicted octanol–water partition coefficient (Wildman–Crippen LogP) is 8.34. The van der Waals surface area contributed by atoms with Gasteiger partial charge in [-0.25, -0.2) is 8.78 Å². The number of halogens is 2. The van der Waals surface area contributed by atoms with Crippen molar-refractivity contribution in [2.75, 3.05) is 0 Å². The molecular weight excluding hydrogens is 426 g/mol. The highest BCUT2D eigenvalue weighted by Gasteiger charge is 2.20. The van der Waals surface area contributed by atoms with E-state index in [9.17, 15) is 8.78 Å². The SMILES string of the molecule is CC(=Nc1ccc(F)cc1C)C(C)=Nc1ccc(F)cc1C(c1ccccc1)c1ccccc1. The molecule has 0 atom stereocenters. The van der Waals surface area contributed by atoms with Crippen LogP contribution < -0.4 is 0 Å². The minimum Gasteiger partial charge on any atom is -0.252 e. The molecule has 0 fully saturated rings. The maximum Gasteiger partial charge on any atom is 0.123 e. The number of rotatable bonds is 6. The fourth-order valence-electron chi connectivity index (χ4n) is 3.97. The lowest BCUT2D eigenvalue weighted by Gasteiger charge is -2.21. The summed E-state index contributed by atoms with van der Waals surface area (Å²) in [7, 11) is 0. The van der Waals surface area contributed by atoms with Gasteiger partial charge in [0.05, 0.1) is 22.8 Å². The first-order valence-corrected chi connectivity index (χ1v) is 11.2. The maximum atomic E-state index is 14.5. The van der Waals surface area contributed by atoms with Crippen molar-refractivity contribution in [2.45, 2.75) is 26.7 Å². The van der Waals surface area contributed by atoms with Gasteiger partial charge in [0, 0.05) is 5.92 Å². The Bertz CT molecular complexity index is 1300. The monoisotopic (exact) mass is 452 g/mol. The molecule has 2 nitrogen and oxygen atoms in total. The Morgan fingerprint density at radius 2 is 1.09 bits per heavy atom. The molecule has 0 unspecified atom stereocenters. The molecule has 170 valence electrons. The lowest BCUT2D eigenvalue weighted by molar-refractivity contribution is 0.625. The van der Waals surface area contributed by atoms with Crippen LogP contribution in [-0.2, 0) is 0 Å². The molecule has 0 saturated heterocycles. The first-order chi connectivity index (χ1) is 16.4. The summed E-state index contributed by atoms with van der Waals surface area (Å²) in [4.78, 5) is 9.51. The van der Waals surface area contributed by atoms with Crippen LogP contribution in [0.5, 0.6) is 0 Å². The van der Waals surface area contributed by atoms with Gasteiger partial charge in [-0.15, -0.1) is 0 Å². The van der Waals surface area contributed by atoms with E-state index in [-0.39, 0.29) is 17.6 Å². The zero-order chi connectivity index (χ0) is 24.1. The van der Waals surface area contributed by atoms with Gasteiger partial charge in [-0.2, -0.15) is 0 Å². The summed E-state index contributed by atoms with van der Waals surface area (Å²) in [5, 5.41) is 0. The largest absolute Gasteiger partial charge is 0.252 e. The van der Waals surface area contributed by atoms with Crippen LogP contribution in [0.4, 0.5) is 20.2 Å². The fraction of sp³-hybridized carbons (Fsp3) is 0.133. The van der Waals surface area contributed by atoms with Gasteiger partial charge in [0.25, 0.3) is 0 Å². The Kier molecular flexibility index (Phi) is 7.07. The van der Waals surface area contributed by atoms with E-state index in [4.69, 9.17) is 4.99 Å². The van der Waals surface area contributed by atoms with Gasteiger partial charge in [-0.05, 0) is 79.4 Å². The molecule has 4 heteroatoms. The summed E-state index contributed by atoms with van der Waals surface area (Å²) in [6.07, 6.45) is 0. The highest BCUT2D eigenvalue weighted by atomic mass is 19.1. The molecular formula is C30H26F2N2. The van der Waals surface area contributed by atoms with E-state index in [0.717, 1.165) is 22.3 Å². The summed E-state index contributed by atoms with van der Waals surface area (Å²) < 4.78 is 28.0. The van der Waals surface area contributed by atoms with Gasteiger partial charge in [-0.3, -0.25) is 9.98 Å². The number of aliphatic imine (C=N–C) groups is 2. The van der Waals surface area contributed by atoms with Crippen LogP contribution in [0.15, 0.2) is 107 Å². The Morgan fingerprint density at radius 3 is 1.62 bits per heavy atom. The topological polar surface area (TPSA) is 24.7 Å². The third-order valence-corrected chi connectivity index (χ3v) is 5.83. The van der Waals surface area contributed by atoms with Crippen LogP contribution in [0.1, 0.15) is 42.0 Å². The van der Waals surface area contributed by atoms with E-state index in [2.05, 4.69) is 4.99 Å². The van der Waals surface area contributed by atoms with Gasteiger partial charge in [0.2, 0.25) is 0 Å². The van der Waals surface area contributed by atoms with Crippen molar-refractivity contribution in [2.24, 2.45) is 9.98 Å². The fourth-order valence-corrected chi connectivity index (χ4v) is 3.97. The second-order valence-corrected chi connectivity index (χ2v) is 8.28. The molecule has 4 aromatic rings. The van der Waals surface area contributed by atoms with Crippen molar-refractivity contribution in [3.05, 3.63) is 131 Å². The van der Waals surface area contributed by atoms with Gasteiger partial charge in [-0.1, -0.05) is 60.7 Å². The molecule has 0 saturated carbocycles. The molecule has 0 aliphatic heterocycles. The van der Waals surface area contributed by atoms with Crippen LogP contribution in [-0.4, -0.2) is 11.4 Å². The van der Waals surface area contributed by atoms with Crippen LogP contribution in [0.25, 0.3) is 0 Å². The van der Waals surface area contributed by atoms with E-state index >= 15 is 0 Å². The number of aryl methyl sites for hydroxylation is 1. The highest BCUT2D eigenvalue weighted by Crippen LogP contribution is 2.38. The summed E-state index contributed by atoms with van der Waals surface area (Å²) in [6, 6.07) is 29.3. The third kappa shape index (κ3) is 5.34. The van der Waals surface area contributed by atoms with Crippen LogP contribution in [0.2, 0.25) is 0 Å². The number of hydrogen-bond donors (Lipinski definition) is 0. The molecule has 4 aromatic carbocycles. The van der Waals surface area contributed by atoms with E-state index in [1.54, 1.807) is 18.2 Å². The van der Waals surface area contributed by atoms with Crippen molar-refractivity contribution in [1.29, 1.82) is 0 Å². The van der Waals surface area contributed by atoms with Crippen molar-refractivity contribution in [3.63, 3.8) is 0 Å². The predicted molar refractivity (Wildman–Crippen MR) is 137 cm³/mol. The standard InChI is InChI=1S/C30H26F2N2/c1-20-18-25(31)14-16-28(20)33-21(2)22(3)34-29-17-15-26(32)19-27(29)30(23-10-6-4-7-11-23)24-12-8-5-9-13-24/h4-19,30H,1-3H3. The average Bonchev–Trinajstić information content (AvgIpc) is 2.84. The second-order valence-electron chi connectivity index (χ2n) is 8.28. The summed E-state index contributed by atoms with van der Waals surface area (Å²) in [5.74, 6) is -0.777. The summed E-state index contributed by atoms with van der Waals surface area (Å²) in [6.45, 7) is 5.58. The van der Waals surface area contributed by atoms with Crippen LogP contribution >= 0.6 is 0 Å². The molecule has 0 aliphatic rings. The number of nitrogens with zero attached hydrogens (tertiary/aromatic N) is 2.